The molecule has 0 N–H and O–H groups in total. The van der Waals surface area contributed by atoms with E-state index in [1.165, 1.54) is 5.56 Å². The fraction of sp³-hybridized carbons (Fsp3) is 0.571. The van der Waals surface area contributed by atoms with E-state index in [0.29, 0.717) is 0 Å². The van der Waals surface area contributed by atoms with Crippen LogP contribution in [0.2, 0.25) is 0 Å². The van der Waals surface area contributed by atoms with Crippen LogP contribution < -0.4 is 0 Å². The van der Waals surface area contributed by atoms with Crippen LogP contribution >= 0.6 is 0 Å². The molecule has 0 fully saturated rings. The molecule has 0 aromatic heterocycles. The Balaban J connectivity index is 0.000000531. The lowest BCUT2D eigenvalue weighted by atomic mass is 9.81. The van der Waals surface area contributed by atoms with Crippen LogP contribution in [0.1, 0.15) is 51.7 Å². The first-order valence-corrected chi connectivity index (χ1v) is 5.95. The van der Waals surface area contributed by atoms with Crippen LogP contribution in [-0.4, -0.2) is 0 Å². The van der Waals surface area contributed by atoms with E-state index in [2.05, 4.69) is 19.9 Å². The molecular weight excluding hydrogens is 187 g/mol. The van der Waals surface area contributed by atoms with Gasteiger partial charge in [-0.1, -0.05) is 39.8 Å². The van der Waals surface area contributed by atoms with E-state index in [1.807, 2.05) is 19.9 Å². The van der Waals surface area contributed by atoms with Crippen molar-refractivity contribution < 1.29 is 4.39 Å². The van der Waals surface area contributed by atoms with Gasteiger partial charge in [-0.25, -0.2) is 4.39 Å². The lowest BCUT2D eigenvalue weighted by Gasteiger charge is -2.23. The number of aryl methyl sites for hydroxylation is 1. The molecule has 15 heavy (non-hydrogen) atoms. The van der Waals surface area contributed by atoms with E-state index in [1.54, 1.807) is 6.07 Å². The van der Waals surface area contributed by atoms with Crippen LogP contribution in [-0.2, 0) is 11.8 Å². The van der Waals surface area contributed by atoms with E-state index in [4.69, 9.17) is 0 Å². The summed E-state index contributed by atoms with van der Waals surface area (Å²) in [4.78, 5) is 0. The first kappa shape index (κ1) is 12.2. The number of benzene rings is 1. The molecule has 1 heteroatoms. The van der Waals surface area contributed by atoms with Crippen molar-refractivity contribution in [2.45, 2.75) is 52.4 Å². The molecule has 1 aromatic rings. The van der Waals surface area contributed by atoms with Gasteiger partial charge in [-0.3, -0.25) is 0 Å². The van der Waals surface area contributed by atoms with Crippen molar-refractivity contribution in [1.82, 2.24) is 0 Å². The molecule has 0 spiro atoms. The van der Waals surface area contributed by atoms with Crippen molar-refractivity contribution in [3.63, 3.8) is 0 Å². The minimum atomic E-state index is -0.0145. The maximum Gasteiger partial charge on any atom is 0.127 e. The molecule has 0 radical (unpaired) electrons. The van der Waals surface area contributed by atoms with Gasteiger partial charge in [0.1, 0.15) is 5.82 Å². The highest BCUT2D eigenvalue weighted by Gasteiger charge is 2.34. The third kappa shape index (κ3) is 2.06. The quantitative estimate of drug-likeness (QED) is 0.639. The molecule has 1 unspecified atom stereocenters. The predicted octanol–water partition coefficient (Wildman–Crippen LogP) is 4.47. The van der Waals surface area contributed by atoms with Crippen LogP contribution in [0.4, 0.5) is 4.39 Å². The molecule has 0 nitrogen and oxygen atoms in total. The van der Waals surface area contributed by atoms with Crippen LogP contribution in [0.3, 0.4) is 0 Å². The van der Waals surface area contributed by atoms with Gasteiger partial charge in [-0.15, -0.1) is 0 Å². The van der Waals surface area contributed by atoms with Gasteiger partial charge >= 0.3 is 0 Å². The van der Waals surface area contributed by atoms with Crippen molar-refractivity contribution in [3.05, 3.63) is 35.1 Å². The second-order valence-electron chi connectivity index (χ2n) is 4.19. The molecule has 1 atom stereocenters. The third-order valence-corrected chi connectivity index (χ3v) is 3.43. The highest BCUT2D eigenvalue weighted by molar-refractivity contribution is 5.39. The van der Waals surface area contributed by atoms with Gasteiger partial charge in [-0.05, 0) is 41.9 Å². The monoisotopic (exact) mass is 208 g/mol. The fourth-order valence-corrected chi connectivity index (χ4v) is 2.34. The van der Waals surface area contributed by atoms with E-state index >= 15 is 0 Å². The van der Waals surface area contributed by atoms with Crippen LogP contribution in [0.15, 0.2) is 18.2 Å². The Morgan fingerprint density at radius 2 is 2.00 bits per heavy atom. The minimum absolute atomic E-state index is 0.0145. The van der Waals surface area contributed by atoms with Gasteiger partial charge in [0, 0.05) is 0 Å². The van der Waals surface area contributed by atoms with Crippen molar-refractivity contribution in [2.75, 3.05) is 0 Å². The minimum Gasteiger partial charge on any atom is -0.207 e. The zero-order valence-corrected chi connectivity index (χ0v) is 10.2. The molecule has 1 aromatic carbocycles. The van der Waals surface area contributed by atoms with E-state index < -0.39 is 0 Å². The average Bonchev–Trinajstić information content (AvgIpc) is 2.62. The van der Waals surface area contributed by atoms with Gasteiger partial charge in [0.15, 0.2) is 0 Å². The Morgan fingerprint density at radius 3 is 2.60 bits per heavy atom. The second-order valence-corrected chi connectivity index (χ2v) is 4.19. The lowest BCUT2D eigenvalue weighted by molar-refractivity contribution is 0.431. The summed E-state index contributed by atoms with van der Waals surface area (Å²) in [5.41, 5.74) is 2.27. The number of fused-ring (bicyclic) bond motifs is 1. The summed E-state index contributed by atoms with van der Waals surface area (Å²) in [6, 6.07) is 5.45. The first-order chi connectivity index (χ1) is 7.17. The third-order valence-electron chi connectivity index (χ3n) is 3.43. The summed E-state index contributed by atoms with van der Waals surface area (Å²) in [7, 11) is 0. The predicted molar refractivity (Wildman–Crippen MR) is 63.7 cm³/mol. The summed E-state index contributed by atoms with van der Waals surface area (Å²) < 4.78 is 13.6. The van der Waals surface area contributed by atoms with Gasteiger partial charge in [-0.2, -0.15) is 0 Å². The highest BCUT2D eigenvalue weighted by atomic mass is 19.1. The maximum atomic E-state index is 13.6. The number of rotatable bonds is 1. The molecule has 0 aliphatic heterocycles. The Kier molecular flexibility index (Phi) is 3.90. The number of hydrogen-bond donors (Lipinski definition) is 0. The molecule has 0 amide bonds. The normalized spacial score (nSPS) is 23.0. The van der Waals surface area contributed by atoms with Crippen molar-refractivity contribution in [2.24, 2.45) is 0 Å². The maximum absolute atomic E-state index is 13.6. The molecular formula is C14H21F. The molecule has 0 bridgehead atoms. The highest BCUT2D eigenvalue weighted by Crippen LogP contribution is 2.42. The van der Waals surface area contributed by atoms with Gasteiger partial charge in [0.05, 0.1) is 0 Å². The molecule has 84 valence electrons. The second kappa shape index (κ2) is 4.78. The van der Waals surface area contributed by atoms with Gasteiger partial charge < -0.3 is 0 Å². The summed E-state index contributed by atoms with van der Waals surface area (Å²) >= 11 is 0. The van der Waals surface area contributed by atoms with Crippen LogP contribution in [0.5, 0.6) is 0 Å². The average molecular weight is 208 g/mol. The summed E-state index contributed by atoms with van der Waals surface area (Å²) in [6.07, 6.45) is 3.16. The van der Waals surface area contributed by atoms with Crippen molar-refractivity contribution in [3.8, 4) is 0 Å². The topological polar surface area (TPSA) is 0 Å². The molecule has 2 rings (SSSR count). The fourth-order valence-electron chi connectivity index (χ4n) is 2.34. The smallest absolute Gasteiger partial charge is 0.127 e. The number of halogens is 1. The Bertz CT molecular complexity index is 330. The van der Waals surface area contributed by atoms with Crippen molar-refractivity contribution in [1.29, 1.82) is 0 Å². The summed E-state index contributed by atoms with van der Waals surface area (Å²) in [6.45, 7) is 8.31. The number of hydrogen-bond acceptors (Lipinski definition) is 0. The lowest BCUT2D eigenvalue weighted by Crippen LogP contribution is -2.17. The van der Waals surface area contributed by atoms with E-state index in [0.717, 1.165) is 24.8 Å². The SMILES string of the molecule is CC.CCC1(C)CCc2cccc(F)c21. The Labute approximate surface area is 92.5 Å². The zero-order valence-electron chi connectivity index (χ0n) is 10.2. The molecule has 0 saturated heterocycles. The Hall–Kier alpha value is -0.850. The largest absolute Gasteiger partial charge is 0.207 e. The van der Waals surface area contributed by atoms with Gasteiger partial charge in [0.2, 0.25) is 0 Å². The first-order valence-electron chi connectivity index (χ1n) is 5.95. The molecule has 1 aliphatic rings. The molecule has 1 aliphatic carbocycles. The van der Waals surface area contributed by atoms with Crippen LogP contribution in [0.25, 0.3) is 0 Å². The molecule has 0 saturated carbocycles. The van der Waals surface area contributed by atoms with Crippen molar-refractivity contribution >= 4 is 0 Å². The summed E-state index contributed by atoms with van der Waals surface area (Å²) in [5.74, 6) is -0.0145. The molecule has 0 heterocycles. The van der Waals surface area contributed by atoms with E-state index in [-0.39, 0.29) is 11.2 Å². The zero-order chi connectivity index (χ0) is 11.5. The van der Waals surface area contributed by atoms with E-state index in [9.17, 15) is 4.39 Å². The van der Waals surface area contributed by atoms with Gasteiger partial charge in [0.25, 0.3) is 0 Å². The standard InChI is InChI=1S/C12H15F.C2H6/c1-3-12(2)8-7-9-5-4-6-10(13)11(9)12;1-2/h4-6H,3,7-8H2,1-2H3;1-2H3. The van der Waals surface area contributed by atoms with Crippen LogP contribution in [0, 0.1) is 5.82 Å². The summed E-state index contributed by atoms with van der Waals surface area (Å²) in [5, 5.41) is 0. The Morgan fingerprint density at radius 1 is 1.33 bits per heavy atom.